The molecule has 0 unspecified atom stereocenters. The van der Waals surface area contributed by atoms with Crippen LogP contribution in [0, 0.1) is 0 Å². The summed E-state index contributed by atoms with van der Waals surface area (Å²) in [5, 5.41) is 0.565. The molecular formula is C13H10ClNO. The summed E-state index contributed by atoms with van der Waals surface area (Å²) < 4.78 is 0. The Morgan fingerprint density at radius 2 is 1.88 bits per heavy atom. The lowest BCUT2D eigenvalue weighted by molar-refractivity contribution is 0.112. The Hall–Kier alpha value is -1.80. The zero-order valence-electron chi connectivity index (χ0n) is 8.48. The summed E-state index contributed by atoms with van der Waals surface area (Å²) in [6, 6.07) is 12.6. The summed E-state index contributed by atoms with van der Waals surface area (Å²) in [5.41, 5.74) is 8.62. The topological polar surface area (TPSA) is 43.1 Å². The first-order chi connectivity index (χ1) is 7.70. The molecule has 0 aliphatic carbocycles. The van der Waals surface area contributed by atoms with Gasteiger partial charge in [0.15, 0.2) is 6.29 Å². The van der Waals surface area contributed by atoms with Crippen molar-refractivity contribution in [2.45, 2.75) is 0 Å². The van der Waals surface area contributed by atoms with E-state index in [4.69, 9.17) is 17.3 Å². The predicted octanol–water partition coefficient (Wildman–Crippen LogP) is 3.40. The Balaban J connectivity index is 2.62. The summed E-state index contributed by atoms with van der Waals surface area (Å²) in [6.45, 7) is 0. The van der Waals surface area contributed by atoms with Crippen LogP contribution >= 0.6 is 11.6 Å². The SMILES string of the molecule is Nc1cc(Cl)cc(-c2ccccc2C=O)c1. The van der Waals surface area contributed by atoms with Crippen molar-refractivity contribution >= 4 is 23.6 Å². The van der Waals surface area contributed by atoms with Crippen LogP contribution in [0.15, 0.2) is 42.5 Å². The number of nitrogens with two attached hydrogens (primary N) is 1. The molecule has 3 heteroatoms. The molecular weight excluding hydrogens is 222 g/mol. The quantitative estimate of drug-likeness (QED) is 0.636. The number of nitrogen functional groups attached to an aromatic ring is 1. The minimum atomic E-state index is 0.565. The minimum absolute atomic E-state index is 0.565. The van der Waals surface area contributed by atoms with Gasteiger partial charge in [-0.2, -0.15) is 0 Å². The number of benzene rings is 2. The van der Waals surface area contributed by atoms with Crippen molar-refractivity contribution in [3.8, 4) is 11.1 Å². The molecule has 0 bridgehead atoms. The molecule has 0 amide bonds. The van der Waals surface area contributed by atoms with Gasteiger partial charge in [-0.1, -0.05) is 35.9 Å². The van der Waals surface area contributed by atoms with Crippen molar-refractivity contribution in [3.05, 3.63) is 53.1 Å². The summed E-state index contributed by atoms with van der Waals surface area (Å²) >= 11 is 5.93. The molecule has 80 valence electrons. The van der Waals surface area contributed by atoms with Crippen LogP contribution in [0.2, 0.25) is 5.02 Å². The van der Waals surface area contributed by atoms with E-state index in [0.29, 0.717) is 16.3 Å². The molecule has 2 aromatic rings. The van der Waals surface area contributed by atoms with Crippen LogP contribution < -0.4 is 5.73 Å². The summed E-state index contributed by atoms with van der Waals surface area (Å²) in [5.74, 6) is 0. The molecule has 0 aliphatic heterocycles. The van der Waals surface area contributed by atoms with Gasteiger partial charge in [-0.05, 0) is 29.3 Å². The standard InChI is InChI=1S/C13H10ClNO/c14-11-5-10(6-12(15)7-11)13-4-2-1-3-9(13)8-16/h1-8H,15H2. The van der Waals surface area contributed by atoms with Gasteiger partial charge in [0.2, 0.25) is 0 Å². The van der Waals surface area contributed by atoms with Gasteiger partial charge in [0, 0.05) is 16.3 Å². The predicted molar refractivity (Wildman–Crippen MR) is 66.7 cm³/mol. The van der Waals surface area contributed by atoms with Gasteiger partial charge in [-0.15, -0.1) is 0 Å². The molecule has 0 radical (unpaired) electrons. The molecule has 0 heterocycles. The average Bonchev–Trinajstić information content (AvgIpc) is 2.27. The van der Waals surface area contributed by atoms with E-state index in [1.54, 1.807) is 24.3 Å². The number of halogens is 1. The van der Waals surface area contributed by atoms with E-state index in [-0.39, 0.29) is 0 Å². The molecule has 2 aromatic carbocycles. The third-order valence-electron chi connectivity index (χ3n) is 2.32. The lowest BCUT2D eigenvalue weighted by Crippen LogP contribution is -1.90. The number of aldehydes is 1. The number of hydrogen-bond acceptors (Lipinski definition) is 2. The third-order valence-corrected chi connectivity index (χ3v) is 2.54. The molecule has 0 aromatic heterocycles. The molecule has 16 heavy (non-hydrogen) atoms. The van der Waals surface area contributed by atoms with Crippen molar-refractivity contribution in [1.82, 2.24) is 0 Å². The van der Waals surface area contributed by atoms with E-state index in [9.17, 15) is 4.79 Å². The Morgan fingerprint density at radius 1 is 1.12 bits per heavy atom. The van der Waals surface area contributed by atoms with Gasteiger partial charge in [0.1, 0.15) is 0 Å². The fourth-order valence-corrected chi connectivity index (χ4v) is 1.87. The van der Waals surface area contributed by atoms with Crippen LogP contribution in [0.3, 0.4) is 0 Å². The summed E-state index contributed by atoms with van der Waals surface area (Å²) in [6.07, 6.45) is 0.826. The van der Waals surface area contributed by atoms with Crippen molar-refractivity contribution in [2.75, 3.05) is 5.73 Å². The Kier molecular flexibility index (Phi) is 2.93. The Labute approximate surface area is 98.7 Å². The van der Waals surface area contributed by atoms with E-state index in [1.165, 1.54) is 0 Å². The second kappa shape index (κ2) is 4.37. The van der Waals surface area contributed by atoms with Gasteiger partial charge in [0.05, 0.1) is 0 Å². The van der Waals surface area contributed by atoms with Gasteiger partial charge in [-0.25, -0.2) is 0 Å². The second-order valence-corrected chi connectivity index (χ2v) is 3.91. The van der Waals surface area contributed by atoms with Crippen LogP contribution in [-0.4, -0.2) is 6.29 Å². The van der Waals surface area contributed by atoms with E-state index in [2.05, 4.69) is 0 Å². The highest BCUT2D eigenvalue weighted by atomic mass is 35.5. The molecule has 0 saturated heterocycles. The monoisotopic (exact) mass is 231 g/mol. The highest BCUT2D eigenvalue weighted by Crippen LogP contribution is 2.27. The van der Waals surface area contributed by atoms with Crippen molar-refractivity contribution in [2.24, 2.45) is 0 Å². The zero-order chi connectivity index (χ0) is 11.5. The number of rotatable bonds is 2. The molecule has 2 N–H and O–H groups in total. The Morgan fingerprint density at radius 3 is 2.56 bits per heavy atom. The Bertz CT molecular complexity index is 517. The second-order valence-electron chi connectivity index (χ2n) is 3.48. The molecule has 0 saturated carbocycles. The molecule has 0 atom stereocenters. The van der Waals surface area contributed by atoms with Gasteiger partial charge in [-0.3, -0.25) is 4.79 Å². The number of anilines is 1. The number of hydrogen-bond donors (Lipinski definition) is 1. The van der Waals surface area contributed by atoms with Crippen LogP contribution in [0.1, 0.15) is 10.4 Å². The lowest BCUT2D eigenvalue weighted by Gasteiger charge is -2.06. The van der Waals surface area contributed by atoms with Crippen LogP contribution in [0.5, 0.6) is 0 Å². The van der Waals surface area contributed by atoms with E-state index >= 15 is 0 Å². The third kappa shape index (κ3) is 2.07. The number of carbonyl (C=O) groups excluding carboxylic acids is 1. The maximum Gasteiger partial charge on any atom is 0.150 e. The summed E-state index contributed by atoms with van der Waals surface area (Å²) in [7, 11) is 0. The fourth-order valence-electron chi connectivity index (χ4n) is 1.63. The lowest BCUT2D eigenvalue weighted by atomic mass is 10.0. The van der Waals surface area contributed by atoms with Crippen LogP contribution in [-0.2, 0) is 0 Å². The maximum atomic E-state index is 10.9. The first-order valence-corrected chi connectivity index (χ1v) is 5.19. The smallest absolute Gasteiger partial charge is 0.150 e. The first-order valence-electron chi connectivity index (χ1n) is 4.81. The van der Waals surface area contributed by atoms with Gasteiger partial charge >= 0.3 is 0 Å². The highest BCUT2D eigenvalue weighted by Gasteiger charge is 2.05. The zero-order valence-corrected chi connectivity index (χ0v) is 9.24. The molecule has 2 rings (SSSR count). The van der Waals surface area contributed by atoms with Crippen LogP contribution in [0.25, 0.3) is 11.1 Å². The first kappa shape index (κ1) is 10.7. The molecule has 0 aliphatic rings. The molecule has 0 fully saturated rings. The molecule has 0 spiro atoms. The van der Waals surface area contributed by atoms with Gasteiger partial charge < -0.3 is 5.73 Å². The van der Waals surface area contributed by atoms with Gasteiger partial charge in [0.25, 0.3) is 0 Å². The minimum Gasteiger partial charge on any atom is -0.399 e. The number of carbonyl (C=O) groups is 1. The fraction of sp³-hybridized carbons (Fsp3) is 0. The van der Waals surface area contributed by atoms with Crippen LogP contribution in [0.4, 0.5) is 5.69 Å². The van der Waals surface area contributed by atoms with Crippen molar-refractivity contribution < 1.29 is 4.79 Å². The largest absolute Gasteiger partial charge is 0.399 e. The normalized spacial score (nSPS) is 10.1. The van der Waals surface area contributed by atoms with E-state index in [1.807, 2.05) is 18.2 Å². The van der Waals surface area contributed by atoms with E-state index < -0.39 is 0 Å². The molecule has 2 nitrogen and oxygen atoms in total. The maximum absolute atomic E-state index is 10.9. The highest BCUT2D eigenvalue weighted by molar-refractivity contribution is 6.31. The summed E-state index contributed by atoms with van der Waals surface area (Å²) in [4.78, 5) is 10.9. The average molecular weight is 232 g/mol. The van der Waals surface area contributed by atoms with Crippen molar-refractivity contribution in [3.63, 3.8) is 0 Å². The van der Waals surface area contributed by atoms with E-state index in [0.717, 1.165) is 17.4 Å². The van der Waals surface area contributed by atoms with Crippen molar-refractivity contribution in [1.29, 1.82) is 0 Å².